The van der Waals surface area contributed by atoms with Gasteiger partial charge in [0.2, 0.25) is 17.8 Å². The number of carbonyl (C=O) groups excluding carboxylic acids is 2. The summed E-state index contributed by atoms with van der Waals surface area (Å²) in [4.78, 5) is 53.7. The number of aryl methyl sites for hydroxylation is 2. The third kappa shape index (κ3) is 7.14. The zero-order valence-electron chi connectivity index (χ0n) is 27.9. The summed E-state index contributed by atoms with van der Waals surface area (Å²) in [5.74, 6) is -0.444. The molecule has 2 aliphatic heterocycles. The van der Waals surface area contributed by atoms with E-state index in [0.29, 0.717) is 18.5 Å². The Morgan fingerprint density at radius 1 is 0.939 bits per heavy atom. The van der Waals surface area contributed by atoms with E-state index >= 15 is 0 Å². The standard InChI is InChI=1S/C36H43N9O4/c1-42-31-20-24(7-10-29(31)45(36(42)48)30-11-12-32(46)40-34(30)47)4-2-18-49-19-3-13-43-14-16-44(17-15-43)23-25-5-8-26(9-6-25)27-21-38-33-28(27)22-39-35(37)41-33/h5-10,20-22,30H,2-4,11-19,23H2,1H3,(H,40,46,47)(H3,37,38,39,41). The number of nitrogens with one attached hydrogen (secondary N) is 2. The SMILES string of the molecule is Cn1c(=O)n(C2CCC(=O)NC2=O)c2ccc(CCCOCCCN3CCN(Cc4ccc(-c5c[nH]c6nc(N)ncc56)cc4)CC3)cc21. The summed E-state index contributed by atoms with van der Waals surface area (Å²) in [6, 6.07) is 14.0. The molecular weight excluding hydrogens is 622 g/mol. The number of rotatable bonds is 12. The van der Waals surface area contributed by atoms with Crippen molar-refractivity contribution in [3.8, 4) is 11.1 Å². The zero-order valence-corrected chi connectivity index (χ0v) is 27.9. The second kappa shape index (κ2) is 14.3. The molecule has 2 aromatic carbocycles. The van der Waals surface area contributed by atoms with Gasteiger partial charge in [0.15, 0.2) is 0 Å². The molecule has 4 N–H and O–H groups in total. The van der Waals surface area contributed by atoms with Crippen molar-refractivity contribution in [1.29, 1.82) is 0 Å². The highest BCUT2D eigenvalue weighted by Crippen LogP contribution is 2.28. The van der Waals surface area contributed by atoms with E-state index in [1.54, 1.807) is 17.8 Å². The number of nitrogens with zero attached hydrogens (tertiary/aromatic N) is 6. The summed E-state index contributed by atoms with van der Waals surface area (Å²) in [5, 5.41) is 3.32. The topological polar surface area (TPSA) is 156 Å². The van der Waals surface area contributed by atoms with Gasteiger partial charge in [0.1, 0.15) is 11.7 Å². The van der Waals surface area contributed by atoms with Crippen LogP contribution in [0.1, 0.15) is 42.9 Å². The van der Waals surface area contributed by atoms with Crippen LogP contribution in [0.5, 0.6) is 0 Å². The Labute approximate surface area is 284 Å². The van der Waals surface area contributed by atoms with Crippen LogP contribution in [-0.2, 0) is 34.3 Å². The molecule has 0 spiro atoms. The number of anilines is 1. The van der Waals surface area contributed by atoms with Gasteiger partial charge >= 0.3 is 5.69 Å². The average molecular weight is 666 g/mol. The summed E-state index contributed by atoms with van der Waals surface area (Å²) in [7, 11) is 1.72. The van der Waals surface area contributed by atoms with Crippen LogP contribution in [0.4, 0.5) is 5.95 Å². The molecule has 2 aliphatic rings. The van der Waals surface area contributed by atoms with Crippen LogP contribution >= 0.6 is 0 Å². The summed E-state index contributed by atoms with van der Waals surface area (Å²) in [6.07, 6.45) is 7.02. The number of piperidine rings is 1. The maximum atomic E-state index is 13.0. The highest BCUT2D eigenvalue weighted by Gasteiger charge is 2.31. The molecule has 3 aromatic heterocycles. The minimum Gasteiger partial charge on any atom is -0.381 e. The maximum absolute atomic E-state index is 13.0. The van der Waals surface area contributed by atoms with Crippen molar-refractivity contribution in [2.45, 2.75) is 44.7 Å². The molecule has 13 nitrogen and oxygen atoms in total. The molecule has 5 heterocycles. The number of ether oxygens (including phenoxy) is 1. The average Bonchev–Trinajstić information content (AvgIpc) is 3.63. The number of imide groups is 1. The summed E-state index contributed by atoms with van der Waals surface area (Å²) < 4.78 is 9.06. The smallest absolute Gasteiger partial charge is 0.329 e. The summed E-state index contributed by atoms with van der Waals surface area (Å²) in [6.45, 7) is 7.64. The highest BCUT2D eigenvalue weighted by atomic mass is 16.5. The van der Waals surface area contributed by atoms with Gasteiger partial charge in [-0.3, -0.25) is 28.9 Å². The van der Waals surface area contributed by atoms with Gasteiger partial charge in [0, 0.05) is 89.3 Å². The van der Waals surface area contributed by atoms with Gasteiger partial charge < -0.3 is 20.4 Å². The quantitative estimate of drug-likeness (QED) is 0.135. The lowest BCUT2D eigenvalue weighted by atomic mass is 10.0. The van der Waals surface area contributed by atoms with Crippen molar-refractivity contribution >= 4 is 39.8 Å². The van der Waals surface area contributed by atoms with E-state index in [0.717, 1.165) is 98.4 Å². The molecule has 7 rings (SSSR count). The number of hydrogen-bond acceptors (Lipinski definition) is 9. The van der Waals surface area contributed by atoms with Crippen LogP contribution in [0.15, 0.2) is 59.7 Å². The second-order valence-electron chi connectivity index (χ2n) is 13.1. The number of aromatic amines is 1. The van der Waals surface area contributed by atoms with E-state index in [4.69, 9.17) is 10.5 Å². The highest BCUT2D eigenvalue weighted by molar-refractivity contribution is 6.00. The number of hydrogen-bond donors (Lipinski definition) is 3. The molecule has 0 saturated carbocycles. The van der Waals surface area contributed by atoms with Crippen LogP contribution in [0, 0.1) is 0 Å². The van der Waals surface area contributed by atoms with Gasteiger partial charge in [0.05, 0.1) is 11.0 Å². The molecule has 5 aromatic rings. The number of benzene rings is 2. The molecular formula is C36H43N9O4. The number of fused-ring (bicyclic) bond motifs is 2. The van der Waals surface area contributed by atoms with Gasteiger partial charge in [-0.15, -0.1) is 0 Å². The Morgan fingerprint density at radius 2 is 1.69 bits per heavy atom. The maximum Gasteiger partial charge on any atom is 0.329 e. The van der Waals surface area contributed by atoms with E-state index < -0.39 is 11.9 Å². The Morgan fingerprint density at radius 3 is 2.49 bits per heavy atom. The molecule has 2 fully saturated rings. The van der Waals surface area contributed by atoms with Crippen molar-refractivity contribution in [3.63, 3.8) is 0 Å². The van der Waals surface area contributed by atoms with Crippen LogP contribution in [0.3, 0.4) is 0 Å². The molecule has 1 atom stereocenters. The third-order valence-electron chi connectivity index (χ3n) is 9.78. The van der Waals surface area contributed by atoms with Gasteiger partial charge in [-0.2, -0.15) is 4.98 Å². The van der Waals surface area contributed by atoms with Gasteiger partial charge in [-0.05, 0) is 54.5 Å². The van der Waals surface area contributed by atoms with Crippen molar-refractivity contribution in [3.05, 3.63) is 76.5 Å². The number of amides is 2. The molecule has 49 heavy (non-hydrogen) atoms. The number of nitrogen functional groups attached to an aromatic ring is 1. The minimum absolute atomic E-state index is 0.229. The first-order valence-electron chi connectivity index (χ1n) is 17.1. The molecule has 0 bridgehead atoms. The Bertz CT molecular complexity index is 2020. The first kappa shape index (κ1) is 32.7. The fraction of sp³-hybridized carbons (Fsp3) is 0.417. The molecule has 13 heteroatoms. The molecule has 2 amide bonds. The number of carbonyl (C=O) groups is 2. The van der Waals surface area contributed by atoms with Crippen LogP contribution in [0.2, 0.25) is 0 Å². The third-order valence-corrected chi connectivity index (χ3v) is 9.78. The molecule has 1 unspecified atom stereocenters. The van der Waals surface area contributed by atoms with Crippen molar-refractivity contribution in [1.82, 2.24) is 39.2 Å². The lowest BCUT2D eigenvalue weighted by Crippen LogP contribution is -2.46. The van der Waals surface area contributed by atoms with E-state index in [1.807, 2.05) is 24.4 Å². The number of H-pyrrole nitrogens is 1. The number of aromatic nitrogens is 5. The largest absolute Gasteiger partial charge is 0.381 e. The van der Waals surface area contributed by atoms with E-state index in [1.165, 1.54) is 10.1 Å². The molecule has 256 valence electrons. The van der Waals surface area contributed by atoms with Gasteiger partial charge in [-0.1, -0.05) is 30.3 Å². The lowest BCUT2D eigenvalue weighted by molar-refractivity contribution is -0.135. The predicted octanol–water partition coefficient (Wildman–Crippen LogP) is 3.00. The molecule has 0 aliphatic carbocycles. The molecule has 2 saturated heterocycles. The predicted molar refractivity (Wildman–Crippen MR) is 188 cm³/mol. The fourth-order valence-electron chi connectivity index (χ4n) is 7.04. The first-order valence-corrected chi connectivity index (χ1v) is 17.1. The zero-order chi connectivity index (χ0) is 33.9. The number of nitrogens with two attached hydrogens (primary N) is 1. The molecule has 0 radical (unpaired) electrons. The Kier molecular flexibility index (Phi) is 9.56. The van der Waals surface area contributed by atoms with Crippen molar-refractivity contribution in [2.75, 3.05) is 51.7 Å². The monoisotopic (exact) mass is 665 g/mol. The normalized spacial score (nSPS) is 17.7. The van der Waals surface area contributed by atoms with Crippen molar-refractivity contribution < 1.29 is 14.3 Å². The number of piperazine rings is 1. The van der Waals surface area contributed by atoms with E-state index in [-0.39, 0.29) is 24.0 Å². The van der Waals surface area contributed by atoms with Gasteiger partial charge in [0.25, 0.3) is 0 Å². The Balaban J connectivity index is 0.799. The van der Waals surface area contributed by atoms with Crippen LogP contribution in [-0.4, -0.2) is 91.6 Å². The summed E-state index contributed by atoms with van der Waals surface area (Å²) >= 11 is 0. The van der Waals surface area contributed by atoms with Gasteiger partial charge in [-0.25, -0.2) is 9.78 Å². The van der Waals surface area contributed by atoms with E-state index in [2.05, 4.69) is 54.3 Å². The first-order chi connectivity index (χ1) is 23.8. The second-order valence-corrected chi connectivity index (χ2v) is 13.1. The minimum atomic E-state index is -0.670. The van der Waals surface area contributed by atoms with Crippen molar-refractivity contribution in [2.24, 2.45) is 7.05 Å². The summed E-state index contributed by atoms with van der Waals surface area (Å²) in [5.41, 5.74) is 12.3. The number of imidazole rings is 1. The Hall–Kier alpha value is -4.85. The lowest BCUT2D eigenvalue weighted by Gasteiger charge is -2.34. The van der Waals surface area contributed by atoms with E-state index in [9.17, 15) is 14.4 Å². The van der Waals surface area contributed by atoms with Crippen LogP contribution < -0.4 is 16.7 Å². The fourth-order valence-corrected chi connectivity index (χ4v) is 7.04. The van der Waals surface area contributed by atoms with Crippen LogP contribution in [0.25, 0.3) is 33.2 Å².